The second kappa shape index (κ2) is 6.08. The van der Waals surface area contributed by atoms with E-state index in [0.29, 0.717) is 5.13 Å². The molecule has 0 bridgehead atoms. The van der Waals surface area contributed by atoms with E-state index in [2.05, 4.69) is 26.2 Å². The van der Waals surface area contributed by atoms with Gasteiger partial charge in [-0.25, -0.2) is 4.98 Å². The minimum absolute atomic E-state index is 0.134. The highest BCUT2D eigenvalue weighted by molar-refractivity contribution is 9.11. The van der Waals surface area contributed by atoms with Gasteiger partial charge in [-0.15, -0.1) is 0 Å². The van der Waals surface area contributed by atoms with Gasteiger partial charge in [0.2, 0.25) is 5.91 Å². The Labute approximate surface area is 117 Å². The molecule has 18 heavy (non-hydrogen) atoms. The SMILES string of the molecule is NCC(C(=O)Nc1ncc(Br)s1)c1ccccc1. The maximum absolute atomic E-state index is 12.1. The van der Waals surface area contributed by atoms with Gasteiger partial charge in [0, 0.05) is 6.54 Å². The number of benzene rings is 1. The predicted molar refractivity (Wildman–Crippen MR) is 76.7 cm³/mol. The number of aromatic nitrogens is 1. The molecule has 1 amide bonds. The monoisotopic (exact) mass is 325 g/mol. The van der Waals surface area contributed by atoms with Crippen molar-refractivity contribution >= 4 is 38.3 Å². The van der Waals surface area contributed by atoms with E-state index in [1.54, 1.807) is 6.20 Å². The summed E-state index contributed by atoms with van der Waals surface area (Å²) in [4.78, 5) is 16.2. The first-order valence-corrected chi connectivity index (χ1v) is 6.99. The summed E-state index contributed by atoms with van der Waals surface area (Å²) in [7, 11) is 0. The second-order valence-electron chi connectivity index (χ2n) is 3.66. The van der Waals surface area contributed by atoms with Crippen LogP contribution < -0.4 is 11.1 Å². The molecule has 1 heterocycles. The normalized spacial score (nSPS) is 12.1. The molecule has 0 fully saturated rings. The predicted octanol–water partition coefficient (Wildman–Crippen LogP) is 2.59. The van der Waals surface area contributed by atoms with Crippen LogP contribution in [0.5, 0.6) is 0 Å². The van der Waals surface area contributed by atoms with Crippen molar-refractivity contribution in [2.24, 2.45) is 5.73 Å². The van der Waals surface area contributed by atoms with Crippen LogP contribution in [0, 0.1) is 0 Å². The first-order valence-electron chi connectivity index (χ1n) is 5.38. The molecule has 0 radical (unpaired) electrons. The molecule has 1 atom stereocenters. The topological polar surface area (TPSA) is 68.0 Å². The van der Waals surface area contributed by atoms with E-state index in [1.807, 2.05) is 30.3 Å². The molecule has 1 aromatic carbocycles. The number of anilines is 1. The molecular weight excluding hydrogens is 314 g/mol. The van der Waals surface area contributed by atoms with Crippen LogP contribution in [0.4, 0.5) is 5.13 Å². The number of nitrogens with zero attached hydrogens (tertiary/aromatic N) is 1. The highest BCUT2D eigenvalue weighted by atomic mass is 79.9. The van der Waals surface area contributed by atoms with E-state index < -0.39 is 0 Å². The molecule has 94 valence electrons. The molecule has 3 N–H and O–H groups in total. The number of amides is 1. The number of hydrogen-bond donors (Lipinski definition) is 2. The molecule has 0 aliphatic carbocycles. The third-order valence-corrected chi connectivity index (χ3v) is 3.85. The van der Waals surface area contributed by atoms with Crippen LogP contribution in [-0.4, -0.2) is 17.4 Å². The quantitative estimate of drug-likeness (QED) is 0.907. The summed E-state index contributed by atoms with van der Waals surface area (Å²) < 4.78 is 0.877. The first-order chi connectivity index (χ1) is 8.70. The Morgan fingerprint density at radius 3 is 2.72 bits per heavy atom. The Morgan fingerprint density at radius 2 is 2.17 bits per heavy atom. The molecule has 6 heteroatoms. The fourth-order valence-electron chi connectivity index (χ4n) is 1.58. The van der Waals surface area contributed by atoms with E-state index >= 15 is 0 Å². The molecule has 0 spiro atoms. The number of nitrogens with two attached hydrogens (primary N) is 1. The zero-order valence-electron chi connectivity index (χ0n) is 9.47. The van der Waals surface area contributed by atoms with E-state index in [9.17, 15) is 4.79 Å². The molecule has 0 aliphatic heterocycles. The van der Waals surface area contributed by atoms with E-state index in [4.69, 9.17) is 5.73 Å². The summed E-state index contributed by atoms with van der Waals surface area (Å²) in [6.07, 6.45) is 1.65. The van der Waals surface area contributed by atoms with Crippen molar-refractivity contribution in [3.05, 3.63) is 45.9 Å². The van der Waals surface area contributed by atoms with Crippen LogP contribution in [0.1, 0.15) is 11.5 Å². The third kappa shape index (κ3) is 3.16. The van der Waals surface area contributed by atoms with Crippen molar-refractivity contribution in [3.8, 4) is 0 Å². The lowest BCUT2D eigenvalue weighted by Crippen LogP contribution is -2.27. The van der Waals surface area contributed by atoms with Crippen molar-refractivity contribution < 1.29 is 4.79 Å². The van der Waals surface area contributed by atoms with Crippen molar-refractivity contribution in [1.29, 1.82) is 0 Å². The Hall–Kier alpha value is -1.24. The molecule has 2 rings (SSSR count). The zero-order chi connectivity index (χ0) is 13.0. The van der Waals surface area contributed by atoms with Crippen molar-refractivity contribution in [3.63, 3.8) is 0 Å². The van der Waals surface area contributed by atoms with Gasteiger partial charge in [0.25, 0.3) is 0 Å². The molecule has 4 nitrogen and oxygen atoms in total. The van der Waals surface area contributed by atoms with Crippen molar-refractivity contribution in [2.75, 3.05) is 11.9 Å². The number of halogens is 1. The Bertz CT molecular complexity index is 529. The lowest BCUT2D eigenvalue weighted by molar-refractivity contribution is -0.117. The number of carbonyl (C=O) groups excluding carboxylic acids is 1. The maximum Gasteiger partial charge on any atom is 0.234 e. The van der Waals surface area contributed by atoms with Crippen LogP contribution >= 0.6 is 27.3 Å². The first kappa shape index (κ1) is 13.2. The Kier molecular flexibility index (Phi) is 4.46. The molecule has 2 aromatic rings. The van der Waals surface area contributed by atoms with Gasteiger partial charge in [-0.2, -0.15) is 0 Å². The minimum Gasteiger partial charge on any atom is -0.329 e. The van der Waals surface area contributed by atoms with Gasteiger partial charge in [-0.1, -0.05) is 41.7 Å². The lowest BCUT2D eigenvalue weighted by atomic mass is 9.99. The van der Waals surface area contributed by atoms with Crippen molar-refractivity contribution in [2.45, 2.75) is 5.92 Å². The van der Waals surface area contributed by atoms with Gasteiger partial charge >= 0.3 is 0 Å². The number of hydrogen-bond acceptors (Lipinski definition) is 4. The van der Waals surface area contributed by atoms with Crippen LogP contribution in [0.15, 0.2) is 40.3 Å². The summed E-state index contributed by atoms with van der Waals surface area (Å²) >= 11 is 4.67. The molecule has 0 aliphatic rings. The summed E-state index contributed by atoms with van der Waals surface area (Å²) in [5.74, 6) is -0.487. The molecular formula is C12H12BrN3OS. The van der Waals surface area contributed by atoms with Crippen LogP contribution in [0.2, 0.25) is 0 Å². The van der Waals surface area contributed by atoms with E-state index in [-0.39, 0.29) is 18.4 Å². The smallest absolute Gasteiger partial charge is 0.234 e. The number of rotatable bonds is 4. The van der Waals surface area contributed by atoms with Gasteiger partial charge in [-0.05, 0) is 21.5 Å². The van der Waals surface area contributed by atoms with Gasteiger partial charge in [0.05, 0.1) is 15.9 Å². The minimum atomic E-state index is -0.353. The van der Waals surface area contributed by atoms with Gasteiger partial charge < -0.3 is 11.1 Å². The van der Waals surface area contributed by atoms with E-state index in [1.165, 1.54) is 11.3 Å². The van der Waals surface area contributed by atoms with Gasteiger partial charge in [0.15, 0.2) is 5.13 Å². The third-order valence-electron chi connectivity index (χ3n) is 2.46. The number of carbonyl (C=O) groups is 1. The molecule has 1 aromatic heterocycles. The zero-order valence-corrected chi connectivity index (χ0v) is 11.9. The largest absolute Gasteiger partial charge is 0.329 e. The average molecular weight is 326 g/mol. The Morgan fingerprint density at radius 1 is 1.44 bits per heavy atom. The maximum atomic E-state index is 12.1. The fourth-order valence-corrected chi connectivity index (χ4v) is 2.69. The van der Waals surface area contributed by atoms with E-state index in [0.717, 1.165) is 9.35 Å². The van der Waals surface area contributed by atoms with Crippen LogP contribution in [0.3, 0.4) is 0 Å². The van der Waals surface area contributed by atoms with Crippen LogP contribution in [0.25, 0.3) is 0 Å². The summed E-state index contributed by atoms with van der Waals surface area (Å²) in [6.45, 7) is 0.266. The van der Waals surface area contributed by atoms with Gasteiger partial charge in [0.1, 0.15) is 0 Å². The lowest BCUT2D eigenvalue weighted by Gasteiger charge is -2.13. The van der Waals surface area contributed by atoms with Crippen molar-refractivity contribution in [1.82, 2.24) is 4.98 Å². The highest BCUT2D eigenvalue weighted by Gasteiger charge is 2.19. The number of nitrogens with one attached hydrogen (secondary N) is 1. The summed E-state index contributed by atoms with van der Waals surface area (Å²) in [5, 5.41) is 3.34. The highest BCUT2D eigenvalue weighted by Crippen LogP contribution is 2.24. The molecule has 0 saturated heterocycles. The molecule has 0 saturated carbocycles. The average Bonchev–Trinajstić information content (AvgIpc) is 2.77. The van der Waals surface area contributed by atoms with Crippen LogP contribution in [-0.2, 0) is 4.79 Å². The second-order valence-corrected chi connectivity index (χ2v) is 6.07. The fraction of sp³-hybridized carbons (Fsp3) is 0.167. The Balaban J connectivity index is 2.11. The number of thiazole rings is 1. The standard InChI is InChI=1S/C12H12BrN3OS/c13-10-7-15-12(18-10)16-11(17)9(6-14)8-4-2-1-3-5-8/h1-5,7,9H,6,14H2,(H,15,16,17). The van der Waals surface area contributed by atoms with Gasteiger partial charge in [-0.3, -0.25) is 4.79 Å². The molecule has 1 unspecified atom stereocenters. The summed E-state index contributed by atoms with van der Waals surface area (Å²) in [6, 6.07) is 9.49. The summed E-state index contributed by atoms with van der Waals surface area (Å²) in [5.41, 5.74) is 6.59.